The molecule has 0 aliphatic rings. The molecule has 0 fully saturated rings. The Morgan fingerprint density at radius 3 is 2.48 bits per heavy atom. The lowest BCUT2D eigenvalue weighted by atomic mass is 10.2. The van der Waals surface area contributed by atoms with Crippen molar-refractivity contribution in [1.29, 1.82) is 0 Å². The lowest BCUT2D eigenvalue weighted by molar-refractivity contribution is 0.396. The molecule has 0 spiro atoms. The first kappa shape index (κ1) is 15.2. The summed E-state index contributed by atoms with van der Waals surface area (Å²) >= 11 is 6.14. The molecule has 21 heavy (non-hydrogen) atoms. The molecule has 0 saturated carbocycles. The predicted molar refractivity (Wildman–Crippen MR) is 84.0 cm³/mol. The molecule has 6 nitrogen and oxygen atoms in total. The van der Waals surface area contributed by atoms with Gasteiger partial charge in [-0.25, -0.2) is 4.98 Å². The molecule has 0 amide bonds. The highest BCUT2D eigenvalue weighted by Crippen LogP contribution is 2.37. The van der Waals surface area contributed by atoms with E-state index < -0.39 is 0 Å². The number of nitrogens with one attached hydrogen (secondary N) is 2. The van der Waals surface area contributed by atoms with Crippen molar-refractivity contribution in [2.24, 2.45) is 0 Å². The van der Waals surface area contributed by atoms with Crippen molar-refractivity contribution in [2.75, 3.05) is 31.4 Å². The molecular weight excluding hydrogens is 292 g/mol. The summed E-state index contributed by atoms with van der Waals surface area (Å²) in [7, 11) is 3.13. The van der Waals surface area contributed by atoms with Gasteiger partial charge in [0, 0.05) is 12.6 Å². The number of anilines is 3. The second-order valence-corrected chi connectivity index (χ2v) is 4.54. The number of hydrogen-bond acceptors (Lipinski definition) is 6. The summed E-state index contributed by atoms with van der Waals surface area (Å²) < 4.78 is 10.5. The number of benzene rings is 1. The van der Waals surface area contributed by atoms with Crippen LogP contribution in [0, 0.1) is 0 Å². The summed E-state index contributed by atoms with van der Waals surface area (Å²) in [5, 5.41) is 6.72. The molecular formula is C14H17ClN4O2. The molecule has 0 aliphatic heterocycles. The molecule has 0 unspecified atom stereocenters. The average molecular weight is 309 g/mol. The molecule has 2 aromatic rings. The van der Waals surface area contributed by atoms with E-state index in [4.69, 9.17) is 21.1 Å². The van der Waals surface area contributed by atoms with Gasteiger partial charge in [-0.3, -0.25) is 4.98 Å². The van der Waals surface area contributed by atoms with E-state index in [1.807, 2.05) is 6.92 Å². The topological polar surface area (TPSA) is 68.3 Å². The van der Waals surface area contributed by atoms with E-state index in [9.17, 15) is 0 Å². The summed E-state index contributed by atoms with van der Waals surface area (Å²) in [6.45, 7) is 2.77. The summed E-state index contributed by atoms with van der Waals surface area (Å²) in [6.07, 6.45) is 3.28. The van der Waals surface area contributed by atoms with Gasteiger partial charge in [-0.2, -0.15) is 0 Å². The zero-order chi connectivity index (χ0) is 15.2. The first-order chi connectivity index (χ1) is 10.2. The van der Waals surface area contributed by atoms with Crippen molar-refractivity contribution in [1.82, 2.24) is 9.97 Å². The standard InChI is InChI=1S/C14H17ClN4O2/c1-4-17-13-7-16-8-14(19-13)18-10-5-9(15)11(20-2)6-12(10)21-3/h5-8H,4H2,1-3H3,(H2,17,18,19). The van der Waals surface area contributed by atoms with E-state index in [0.29, 0.717) is 33.8 Å². The van der Waals surface area contributed by atoms with Crippen LogP contribution in [0.5, 0.6) is 11.5 Å². The van der Waals surface area contributed by atoms with Gasteiger partial charge in [0.05, 0.1) is 37.3 Å². The normalized spacial score (nSPS) is 10.1. The SMILES string of the molecule is CCNc1cncc(Nc2cc(Cl)c(OC)cc2OC)n1. The fourth-order valence-corrected chi connectivity index (χ4v) is 2.03. The van der Waals surface area contributed by atoms with Gasteiger partial charge in [-0.15, -0.1) is 0 Å². The van der Waals surface area contributed by atoms with Gasteiger partial charge in [0.15, 0.2) is 5.82 Å². The smallest absolute Gasteiger partial charge is 0.151 e. The Morgan fingerprint density at radius 2 is 1.81 bits per heavy atom. The second-order valence-electron chi connectivity index (χ2n) is 4.13. The maximum Gasteiger partial charge on any atom is 0.151 e. The van der Waals surface area contributed by atoms with Gasteiger partial charge in [0.2, 0.25) is 0 Å². The van der Waals surface area contributed by atoms with Gasteiger partial charge in [0.1, 0.15) is 17.3 Å². The van der Waals surface area contributed by atoms with E-state index in [0.717, 1.165) is 6.54 Å². The van der Waals surface area contributed by atoms with Crippen LogP contribution >= 0.6 is 11.6 Å². The first-order valence-corrected chi connectivity index (χ1v) is 6.80. The van der Waals surface area contributed by atoms with Gasteiger partial charge in [-0.1, -0.05) is 11.6 Å². The first-order valence-electron chi connectivity index (χ1n) is 6.42. The fraction of sp³-hybridized carbons (Fsp3) is 0.286. The van der Waals surface area contributed by atoms with E-state index in [1.165, 1.54) is 0 Å². The largest absolute Gasteiger partial charge is 0.495 e. The molecule has 112 valence electrons. The Balaban J connectivity index is 2.30. The summed E-state index contributed by atoms with van der Waals surface area (Å²) in [6, 6.07) is 3.44. The monoisotopic (exact) mass is 308 g/mol. The number of rotatable bonds is 6. The third-order valence-corrected chi connectivity index (χ3v) is 3.02. The molecule has 0 atom stereocenters. The van der Waals surface area contributed by atoms with Crippen LogP contribution in [0.1, 0.15) is 6.92 Å². The van der Waals surface area contributed by atoms with Gasteiger partial charge < -0.3 is 20.1 Å². The van der Waals surface area contributed by atoms with Crippen molar-refractivity contribution >= 4 is 28.9 Å². The maximum absolute atomic E-state index is 6.14. The summed E-state index contributed by atoms with van der Waals surface area (Å²) in [4.78, 5) is 8.52. The minimum atomic E-state index is 0.483. The minimum absolute atomic E-state index is 0.483. The summed E-state index contributed by atoms with van der Waals surface area (Å²) in [5.41, 5.74) is 0.686. The molecule has 1 aromatic carbocycles. The number of halogens is 1. The Hall–Kier alpha value is -2.21. The minimum Gasteiger partial charge on any atom is -0.495 e. The lowest BCUT2D eigenvalue weighted by Crippen LogP contribution is -2.03. The van der Waals surface area contributed by atoms with Crippen LogP contribution in [0.15, 0.2) is 24.5 Å². The Bertz CT molecular complexity index is 622. The van der Waals surface area contributed by atoms with Crippen molar-refractivity contribution in [3.8, 4) is 11.5 Å². The molecule has 0 radical (unpaired) electrons. The quantitative estimate of drug-likeness (QED) is 0.853. The number of aromatic nitrogens is 2. The van der Waals surface area contributed by atoms with Crippen LogP contribution in [0.2, 0.25) is 5.02 Å². The molecule has 0 aliphatic carbocycles. The number of ether oxygens (including phenoxy) is 2. The van der Waals surface area contributed by atoms with Crippen LogP contribution in [0.4, 0.5) is 17.3 Å². The van der Waals surface area contributed by atoms with E-state index in [1.54, 1.807) is 38.7 Å². The van der Waals surface area contributed by atoms with Crippen LogP contribution in [-0.2, 0) is 0 Å². The Kier molecular flexibility index (Phi) is 5.05. The van der Waals surface area contributed by atoms with Crippen LogP contribution in [0.25, 0.3) is 0 Å². The molecule has 2 N–H and O–H groups in total. The van der Waals surface area contributed by atoms with E-state index in [-0.39, 0.29) is 0 Å². The van der Waals surface area contributed by atoms with Crippen molar-refractivity contribution in [2.45, 2.75) is 6.92 Å². The molecule has 7 heteroatoms. The number of nitrogens with zero attached hydrogens (tertiary/aromatic N) is 2. The van der Waals surface area contributed by atoms with Crippen LogP contribution in [0.3, 0.4) is 0 Å². The molecule has 2 rings (SSSR count). The maximum atomic E-state index is 6.14. The van der Waals surface area contributed by atoms with E-state index in [2.05, 4.69) is 20.6 Å². The Labute approximate surface area is 128 Å². The van der Waals surface area contributed by atoms with Crippen molar-refractivity contribution in [3.05, 3.63) is 29.5 Å². The van der Waals surface area contributed by atoms with Crippen molar-refractivity contribution in [3.63, 3.8) is 0 Å². The number of hydrogen-bond donors (Lipinski definition) is 2. The third kappa shape index (κ3) is 3.66. The highest BCUT2D eigenvalue weighted by Gasteiger charge is 2.11. The zero-order valence-electron chi connectivity index (χ0n) is 12.1. The molecule has 0 saturated heterocycles. The van der Waals surface area contributed by atoms with Crippen molar-refractivity contribution < 1.29 is 9.47 Å². The average Bonchev–Trinajstić information content (AvgIpc) is 2.48. The third-order valence-electron chi connectivity index (χ3n) is 2.73. The summed E-state index contributed by atoms with van der Waals surface area (Å²) in [5.74, 6) is 2.44. The molecule has 1 aromatic heterocycles. The van der Waals surface area contributed by atoms with Gasteiger partial charge >= 0.3 is 0 Å². The van der Waals surface area contributed by atoms with Gasteiger partial charge in [-0.05, 0) is 13.0 Å². The number of methoxy groups -OCH3 is 2. The Morgan fingerprint density at radius 1 is 1.10 bits per heavy atom. The predicted octanol–water partition coefficient (Wildman–Crippen LogP) is 3.32. The zero-order valence-corrected chi connectivity index (χ0v) is 12.9. The van der Waals surface area contributed by atoms with Crippen LogP contribution < -0.4 is 20.1 Å². The second kappa shape index (κ2) is 6.99. The molecule has 1 heterocycles. The highest BCUT2D eigenvalue weighted by molar-refractivity contribution is 6.32. The van der Waals surface area contributed by atoms with E-state index >= 15 is 0 Å². The lowest BCUT2D eigenvalue weighted by Gasteiger charge is -2.13. The van der Waals surface area contributed by atoms with Crippen LogP contribution in [-0.4, -0.2) is 30.7 Å². The van der Waals surface area contributed by atoms with Gasteiger partial charge in [0.25, 0.3) is 0 Å². The highest BCUT2D eigenvalue weighted by atomic mass is 35.5. The molecule has 0 bridgehead atoms. The fourth-order valence-electron chi connectivity index (χ4n) is 1.79.